The van der Waals surface area contributed by atoms with Crippen LogP contribution in [-0.4, -0.2) is 22.6 Å². The molecule has 2 N–H and O–H groups in total. The number of ether oxygens (including phenoxy) is 1. The van der Waals surface area contributed by atoms with E-state index in [4.69, 9.17) is 4.74 Å². The molecule has 22 heavy (non-hydrogen) atoms. The van der Waals surface area contributed by atoms with Gasteiger partial charge < -0.3 is 14.9 Å². The van der Waals surface area contributed by atoms with Gasteiger partial charge in [0, 0.05) is 11.6 Å². The second-order valence-corrected chi connectivity index (χ2v) is 4.78. The number of ketones is 1. The van der Waals surface area contributed by atoms with Crippen molar-refractivity contribution in [3.63, 3.8) is 0 Å². The van der Waals surface area contributed by atoms with Crippen molar-refractivity contribution in [2.75, 3.05) is 6.61 Å². The minimum absolute atomic E-state index is 0.111. The van der Waals surface area contributed by atoms with E-state index >= 15 is 0 Å². The Kier molecular flexibility index (Phi) is 5.20. The zero-order valence-corrected chi connectivity index (χ0v) is 12.3. The summed E-state index contributed by atoms with van der Waals surface area (Å²) in [5, 5.41) is 19.7. The molecule has 0 bridgehead atoms. The predicted molar refractivity (Wildman–Crippen MR) is 85.3 cm³/mol. The van der Waals surface area contributed by atoms with E-state index in [1.807, 2.05) is 6.92 Å². The maximum Gasteiger partial charge on any atom is 0.193 e. The van der Waals surface area contributed by atoms with Crippen LogP contribution >= 0.6 is 0 Å². The highest BCUT2D eigenvalue weighted by molar-refractivity contribution is 6.09. The van der Waals surface area contributed by atoms with Crippen LogP contribution in [0.15, 0.2) is 54.6 Å². The lowest BCUT2D eigenvalue weighted by molar-refractivity contribution is 0.104. The summed E-state index contributed by atoms with van der Waals surface area (Å²) in [6, 6.07) is 13.0. The summed E-state index contributed by atoms with van der Waals surface area (Å²) >= 11 is 0. The molecule has 0 radical (unpaired) electrons. The largest absolute Gasteiger partial charge is 0.507 e. The van der Waals surface area contributed by atoms with E-state index in [1.165, 1.54) is 12.1 Å². The number of aliphatic hydroxyl groups excluding tert-OH is 1. The fourth-order valence-corrected chi connectivity index (χ4v) is 1.91. The Morgan fingerprint density at radius 2 is 1.82 bits per heavy atom. The van der Waals surface area contributed by atoms with Crippen LogP contribution < -0.4 is 4.74 Å². The van der Waals surface area contributed by atoms with Crippen molar-refractivity contribution in [1.82, 2.24) is 0 Å². The van der Waals surface area contributed by atoms with Crippen LogP contribution in [0.3, 0.4) is 0 Å². The average molecular weight is 298 g/mol. The summed E-state index contributed by atoms with van der Waals surface area (Å²) in [6.45, 7) is 2.65. The van der Waals surface area contributed by atoms with Gasteiger partial charge in [0.05, 0.1) is 12.2 Å². The first-order valence-electron chi connectivity index (χ1n) is 7.08. The predicted octanol–water partition coefficient (Wildman–Crippen LogP) is 3.96. The van der Waals surface area contributed by atoms with Gasteiger partial charge in [-0.15, -0.1) is 0 Å². The molecule has 0 aliphatic heterocycles. The van der Waals surface area contributed by atoms with Crippen LogP contribution in [0.2, 0.25) is 0 Å². The second kappa shape index (κ2) is 7.31. The normalized spacial score (nSPS) is 11.2. The molecule has 0 aliphatic rings. The third-order valence-corrected chi connectivity index (χ3v) is 3.06. The van der Waals surface area contributed by atoms with E-state index in [0.29, 0.717) is 17.9 Å². The van der Waals surface area contributed by atoms with Gasteiger partial charge in [-0.25, -0.2) is 0 Å². The number of hydrogen-bond acceptors (Lipinski definition) is 4. The van der Waals surface area contributed by atoms with E-state index in [1.54, 1.807) is 36.4 Å². The van der Waals surface area contributed by atoms with Gasteiger partial charge in [0.1, 0.15) is 17.3 Å². The quantitative estimate of drug-likeness (QED) is 0.481. The molecule has 0 atom stereocenters. The standard InChI is InChI=1S/C18H18O4/c1-2-11-22-14-9-7-13(8-10-14)17(20)12-18(21)15-5-3-4-6-16(15)19/h3-10,12,19-20H,2,11H2,1H3/b17-12-. The summed E-state index contributed by atoms with van der Waals surface area (Å²) in [7, 11) is 0. The van der Waals surface area contributed by atoms with Crippen molar-refractivity contribution in [2.45, 2.75) is 13.3 Å². The number of benzene rings is 2. The first-order valence-corrected chi connectivity index (χ1v) is 7.08. The Bertz CT molecular complexity index is 672. The number of phenolic OH excluding ortho intramolecular Hbond substituents is 1. The van der Waals surface area contributed by atoms with Crippen molar-refractivity contribution >= 4 is 11.5 Å². The van der Waals surface area contributed by atoms with Crippen LogP contribution in [-0.2, 0) is 0 Å². The number of allylic oxidation sites excluding steroid dienone is 1. The Morgan fingerprint density at radius 1 is 1.14 bits per heavy atom. The minimum atomic E-state index is -0.457. The van der Waals surface area contributed by atoms with E-state index in [2.05, 4.69) is 0 Å². The third kappa shape index (κ3) is 3.88. The van der Waals surface area contributed by atoms with E-state index < -0.39 is 5.78 Å². The number of aliphatic hydroxyl groups is 1. The Hall–Kier alpha value is -2.75. The van der Waals surface area contributed by atoms with Crippen LogP contribution in [0.5, 0.6) is 11.5 Å². The number of para-hydroxylation sites is 1. The molecule has 2 rings (SSSR count). The Morgan fingerprint density at radius 3 is 2.45 bits per heavy atom. The van der Waals surface area contributed by atoms with Gasteiger partial charge in [-0.2, -0.15) is 0 Å². The average Bonchev–Trinajstić information content (AvgIpc) is 2.53. The van der Waals surface area contributed by atoms with E-state index in [9.17, 15) is 15.0 Å². The van der Waals surface area contributed by atoms with Gasteiger partial charge in [0.25, 0.3) is 0 Å². The molecular weight excluding hydrogens is 280 g/mol. The van der Waals surface area contributed by atoms with Gasteiger partial charge in [-0.1, -0.05) is 19.1 Å². The highest BCUT2D eigenvalue weighted by Gasteiger charge is 2.10. The fourth-order valence-electron chi connectivity index (χ4n) is 1.91. The van der Waals surface area contributed by atoms with E-state index in [0.717, 1.165) is 12.5 Å². The molecule has 2 aromatic rings. The molecule has 2 aromatic carbocycles. The third-order valence-electron chi connectivity index (χ3n) is 3.06. The molecule has 0 saturated heterocycles. The molecule has 0 spiro atoms. The number of hydrogen-bond donors (Lipinski definition) is 2. The Balaban J connectivity index is 2.15. The number of carbonyl (C=O) groups excluding carboxylic acids is 1. The fraction of sp³-hybridized carbons (Fsp3) is 0.167. The molecule has 4 nitrogen and oxygen atoms in total. The van der Waals surface area contributed by atoms with Gasteiger partial charge in [-0.05, 0) is 42.8 Å². The summed E-state index contributed by atoms with van der Waals surface area (Å²) in [5.74, 6) is -0.0116. The number of aromatic hydroxyl groups is 1. The van der Waals surface area contributed by atoms with Crippen molar-refractivity contribution < 1.29 is 19.7 Å². The van der Waals surface area contributed by atoms with Crippen LogP contribution in [0.1, 0.15) is 29.3 Å². The van der Waals surface area contributed by atoms with E-state index in [-0.39, 0.29) is 17.1 Å². The van der Waals surface area contributed by atoms with Gasteiger partial charge >= 0.3 is 0 Å². The van der Waals surface area contributed by atoms with Crippen molar-refractivity contribution in [3.8, 4) is 11.5 Å². The van der Waals surface area contributed by atoms with Gasteiger partial charge in [-0.3, -0.25) is 4.79 Å². The van der Waals surface area contributed by atoms with Gasteiger partial charge in [0.15, 0.2) is 5.78 Å². The summed E-state index contributed by atoms with van der Waals surface area (Å²) in [4.78, 5) is 12.0. The molecule has 4 heteroatoms. The lowest BCUT2D eigenvalue weighted by Crippen LogP contribution is -1.97. The van der Waals surface area contributed by atoms with Crippen LogP contribution in [0, 0.1) is 0 Å². The molecule has 114 valence electrons. The summed E-state index contributed by atoms with van der Waals surface area (Å²) < 4.78 is 5.45. The lowest BCUT2D eigenvalue weighted by Gasteiger charge is -2.06. The molecule has 0 saturated carbocycles. The van der Waals surface area contributed by atoms with Crippen molar-refractivity contribution in [2.24, 2.45) is 0 Å². The molecular formula is C18H18O4. The molecule has 0 heterocycles. The second-order valence-electron chi connectivity index (χ2n) is 4.78. The molecule has 0 amide bonds. The summed E-state index contributed by atoms with van der Waals surface area (Å²) in [6.07, 6.45) is 2.01. The van der Waals surface area contributed by atoms with Crippen molar-refractivity contribution in [1.29, 1.82) is 0 Å². The monoisotopic (exact) mass is 298 g/mol. The number of carbonyl (C=O) groups is 1. The first-order chi connectivity index (χ1) is 10.6. The maximum atomic E-state index is 12.0. The van der Waals surface area contributed by atoms with Gasteiger partial charge in [0.2, 0.25) is 0 Å². The zero-order valence-electron chi connectivity index (χ0n) is 12.3. The summed E-state index contributed by atoms with van der Waals surface area (Å²) in [5.41, 5.74) is 0.657. The lowest BCUT2D eigenvalue weighted by atomic mass is 10.1. The molecule has 0 fully saturated rings. The zero-order chi connectivity index (χ0) is 15.9. The SMILES string of the molecule is CCCOc1ccc(/C(O)=C/C(=O)c2ccccc2O)cc1. The minimum Gasteiger partial charge on any atom is -0.507 e. The van der Waals surface area contributed by atoms with Crippen molar-refractivity contribution in [3.05, 3.63) is 65.7 Å². The topological polar surface area (TPSA) is 66.8 Å². The molecule has 0 unspecified atom stereocenters. The Labute approximate surface area is 129 Å². The van der Waals surface area contributed by atoms with Crippen LogP contribution in [0.4, 0.5) is 0 Å². The smallest absolute Gasteiger partial charge is 0.193 e. The van der Waals surface area contributed by atoms with Crippen LogP contribution in [0.25, 0.3) is 5.76 Å². The highest BCUT2D eigenvalue weighted by Crippen LogP contribution is 2.20. The number of rotatable bonds is 6. The highest BCUT2D eigenvalue weighted by atomic mass is 16.5. The molecule has 0 aromatic heterocycles. The molecule has 0 aliphatic carbocycles. The maximum absolute atomic E-state index is 12.0. The number of phenols is 1. The first kappa shape index (κ1) is 15.6.